The van der Waals surface area contributed by atoms with Crippen LogP contribution in [0, 0.1) is 17.0 Å². The highest BCUT2D eigenvalue weighted by molar-refractivity contribution is 6.30. The fourth-order valence-electron chi connectivity index (χ4n) is 1.13. The summed E-state index contributed by atoms with van der Waals surface area (Å²) in [5, 5.41) is 10.8. The molecule has 0 aliphatic carbocycles. The maximum absolute atomic E-state index is 10.3. The molecule has 0 aliphatic heterocycles. The van der Waals surface area contributed by atoms with Crippen LogP contribution in [0.15, 0.2) is 18.2 Å². The van der Waals surface area contributed by atoms with Crippen molar-refractivity contribution in [2.24, 2.45) is 5.73 Å². The molecular weight excluding hydrogens is 272 g/mol. The standard InChI is InChI=1S/C7H6ClNO2.C5H11NO2/c1-5-4-6(8)2-3-7(5)9(10)11;1-5(2,3)8-4(6)7/h2-4H,1H3;1-3H3,(H2,6,7). The zero-order valence-corrected chi connectivity index (χ0v) is 12.0. The number of benzene rings is 1. The van der Waals surface area contributed by atoms with Crippen LogP contribution in [0.5, 0.6) is 0 Å². The molecule has 1 aromatic carbocycles. The zero-order chi connectivity index (χ0) is 15.2. The van der Waals surface area contributed by atoms with Crippen molar-refractivity contribution >= 4 is 23.4 Å². The van der Waals surface area contributed by atoms with Crippen LogP contribution in [0.3, 0.4) is 0 Å². The number of primary amides is 1. The molecule has 0 heterocycles. The van der Waals surface area contributed by atoms with E-state index < -0.39 is 16.6 Å². The molecule has 0 saturated heterocycles. The molecule has 1 rings (SSSR count). The van der Waals surface area contributed by atoms with Crippen LogP contribution in [0.25, 0.3) is 0 Å². The van der Waals surface area contributed by atoms with Gasteiger partial charge >= 0.3 is 6.09 Å². The van der Waals surface area contributed by atoms with Gasteiger partial charge < -0.3 is 10.5 Å². The first kappa shape index (κ1) is 17.2. The van der Waals surface area contributed by atoms with E-state index in [2.05, 4.69) is 4.74 Å². The van der Waals surface area contributed by atoms with Gasteiger partial charge in [0, 0.05) is 16.7 Å². The highest BCUT2D eigenvalue weighted by atomic mass is 35.5. The van der Waals surface area contributed by atoms with Gasteiger partial charge in [0.25, 0.3) is 5.69 Å². The van der Waals surface area contributed by atoms with Crippen LogP contribution in [0.2, 0.25) is 5.02 Å². The molecule has 0 spiro atoms. The van der Waals surface area contributed by atoms with Gasteiger partial charge in [-0.05, 0) is 39.8 Å². The third-order valence-electron chi connectivity index (χ3n) is 1.76. The summed E-state index contributed by atoms with van der Waals surface area (Å²) in [6, 6.07) is 4.48. The second-order valence-corrected chi connectivity index (χ2v) is 5.16. The van der Waals surface area contributed by atoms with Gasteiger partial charge in [-0.2, -0.15) is 0 Å². The largest absolute Gasteiger partial charge is 0.444 e. The molecule has 0 saturated carbocycles. The second-order valence-electron chi connectivity index (χ2n) is 4.72. The van der Waals surface area contributed by atoms with Crippen LogP contribution in [-0.2, 0) is 4.74 Å². The van der Waals surface area contributed by atoms with E-state index in [1.807, 2.05) is 0 Å². The molecule has 0 aliphatic rings. The fourth-order valence-corrected chi connectivity index (χ4v) is 1.35. The van der Waals surface area contributed by atoms with Gasteiger partial charge in [0.05, 0.1) is 4.92 Å². The fraction of sp³-hybridized carbons (Fsp3) is 0.417. The van der Waals surface area contributed by atoms with Crippen molar-refractivity contribution in [3.05, 3.63) is 38.9 Å². The first-order valence-corrected chi connectivity index (χ1v) is 5.79. The zero-order valence-electron chi connectivity index (χ0n) is 11.3. The Morgan fingerprint density at radius 3 is 2.21 bits per heavy atom. The van der Waals surface area contributed by atoms with Gasteiger partial charge in [-0.1, -0.05) is 11.6 Å². The summed E-state index contributed by atoms with van der Waals surface area (Å²) < 4.78 is 4.58. The molecule has 6 nitrogen and oxygen atoms in total. The Balaban J connectivity index is 0.000000362. The monoisotopic (exact) mass is 288 g/mol. The molecule has 1 aromatic rings. The van der Waals surface area contributed by atoms with Crippen LogP contribution in [-0.4, -0.2) is 16.6 Å². The molecule has 106 valence electrons. The smallest absolute Gasteiger partial charge is 0.405 e. The summed E-state index contributed by atoms with van der Waals surface area (Å²) >= 11 is 5.60. The third-order valence-corrected chi connectivity index (χ3v) is 2.00. The Morgan fingerprint density at radius 1 is 1.42 bits per heavy atom. The number of halogens is 1. The number of hydrogen-bond acceptors (Lipinski definition) is 4. The molecule has 7 heteroatoms. The Hall–Kier alpha value is -1.82. The molecule has 0 fully saturated rings. The number of amides is 1. The lowest BCUT2D eigenvalue weighted by Gasteiger charge is -2.16. The van der Waals surface area contributed by atoms with Crippen molar-refractivity contribution in [2.75, 3.05) is 0 Å². The van der Waals surface area contributed by atoms with E-state index in [4.69, 9.17) is 17.3 Å². The first-order valence-electron chi connectivity index (χ1n) is 5.42. The number of nitro groups is 1. The lowest BCUT2D eigenvalue weighted by molar-refractivity contribution is -0.385. The minimum Gasteiger partial charge on any atom is -0.444 e. The number of nitrogens with two attached hydrogens (primary N) is 1. The van der Waals surface area contributed by atoms with E-state index in [1.165, 1.54) is 12.1 Å². The average molecular weight is 289 g/mol. The summed E-state index contributed by atoms with van der Waals surface area (Å²) in [5.74, 6) is 0. The van der Waals surface area contributed by atoms with Crippen molar-refractivity contribution in [2.45, 2.75) is 33.3 Å². The molecule has 0 bridgehead atoms. The lowest BCUT2D eigenvalue weighted by Crippen LogP contribution is -2.27. The van der Waals surface area contributed by atoms with Crippen LogP contribution in [0.1, 0.15) is 26.3 Å². The predicted molar refractivity (Wildman–Crippen MR) is 73.3 cm³/mol. The van der Waals surface area contributed by atoms with Crippen molar-refractivity contribution in [1.29, 1.82) is 0 Å². The number of nitrogens with zero attached hydrogens (tertiary/aromatic N) is 1. The second kappa shape index (κ2) is 6.94. The molecule has 0 aromatic heterocycles. The van der Waals surface area contributed by atoms with Crippen LogP contribution < -0.4 is 5.73 Å². The Morgan fingerprint density at radius 2 is 1.95 bits per heavy atom. The van der Waals surface area contributed by atoms with E-state index >= 15 is 0 Å². The summed E-state index contributed by atoms with van der Waals surface area (Å²) in [6.45, 7) is 6.94. The molecule has 1 amide bonds. The van der Waals surface area contributed by atoms with Gasteiger partial charge in [-0.15, -0.1) is 0 Å². The quantitative estimate of drug-likeness (QED) is 0.632. The van der Waals surface area contributed by atoms with Crippen LogP contribution >= 0.6 is 11.6 Å². The highest BCUT2D eigenvalue weighted by Gasteiger charge is 2.12. The summed E-state index contributed by atoms with van der Waals surface area (Å²) in [5.41, 5.74) is 4.96. The van der Waals surface area contributed by atoms with Crippen molar-refractivity contribution in [1.82, 2.24) is 0 Å². The van der Waals surface area contributed by atoms with Crippen molar-refractivity contribution in [3.63, 3.8) is 0 Å². The molecule has 19 heavy (non-hydrogen) atoms. The van der Waals surface area contributed by atoms with Gasteiger partial charge in [0.2, 0.25) is 0 Å². The maximum Gasteiger partial charge on any atom is 0.405 e. The Labute approximate surface area is 116 Å². The van der Waals surface area contributed by atoms with E-state index in [-0.39, 0.29) is 5.69 Å². The van der Waals surface area contributed by atoms with E-state index in [0.29, 0.717) is 10.6 Å². The van der Waals surface area contributed by atoms with Crippen molar-refractivity contribution < 1.29 is 14.5 Å². The van der Waals surface area contributed by atoms with Crippen LogP contribution in [0.4, 0.5) is 10.5 Å². The molecule has 0 unspecified atom stereocenters. The van der Waals surface area contributed by atoms with E-state index in [9.17, 15) is 14.9 Å². The van der Waals surface area contributed by atoms with Crippen molar-refractivity contribution in [3.8, 4) is 0 Å². The third kappa shape index (κ3) is 7.99. The number of ether oxygens (including phenoxy) is 1. The minimum absolute atomic E-state index is 0.106. The van der Waals surface area contributed by atoms with E-state index in [0.717, 1.165) is 0 Å². The highest BCUT2D eigenvalue weighted by Crippen LogP contribution is 2.20. The summed E-state index contributed by atoms with van der Waals surface area (Å²) in [6.07, 6.45) is -0.725. The SMILES string of the molecule is CC(C)(C)OC(N)=O.Cc1cc(Cl)ccc1[N+](=O)[O-]. The molecule has 0 atom stereocenters. The number of rotatable bonds is 1. The molecule has 2 N–H and O–H groups in total. The predicted octanol–water partition coefficient (Wildman–Crippen LogP) is 3.44. The summed E-state index contributed by atoms with van der Waals surface area (Å²) in [7, 11) is 0. The number of carbonyl (C=O) groups is 1. The lowest BCUT2D eigenvalue weighted by atomic mass is 10.2. The number of aryl methyl sites for hydroxylation is 1. The minimum atomic E-state index is -0.725. The first-order chi connectivity index (χ1) is 8.53. The topological polar surface area (TPSA) is 95.5 Å². The average Bonchev–Trinajstić information content (AvgIpc) is 2.12. The van der Waals surface area contributed by atoms with E-state index in [1.54, 1.807) is 33.8 Å². The Kier molecular flexibility index (Phi) is 6.27. The number of hydrogen-bond donors (Lipinski definition) is 1. The van der Waals surface area contributed by atoms with Gasteiger partial charge in [0.1, 0.15) is 5.60 Å². The number of carbonyl (C=O) groups excluding carboxylic acids is 1. The van der Waals surface area contributed by atoms with Gasteiger partial charge in [-0.25, -0.2) is 4.79 Å². The maximum atomic E-state index is 10.3. The Bertz CT molecular complexity index is 469. The molecular formula is C12H17ClN2O4. The van der Waals surface area contributed by atoms with Gasteiger partial charge in [-0.3, -0.25) is 10.1 Å². The summed E-state index contributed by atoms with van der Waals surface area (Å²) in [4.78, 5) is 19.9. The normalized spacial score (nSPS) is 10.2. The molecule has 0 radical (unpaired) electrons. The number of nitro benzene ring substituents is 1. The van der Waals surface area contributed by atoms with Gasteiger partial charge in [0.15, 0.2) is 0 Å².